The SMILES string of the molecule is CCCOc1cncc(C(=O)CCN(CC)CC)c1. The van der Waals surface area contributed by atoms with E-state index in [4.69, 9.17) is 4.74 Å². The molecule has 1 rings (SSSR count). The molecule has 19 heavy (non-hydrogen) atoms. The van der Waals surface area contributed by atoms with Crippen molar-refractivity contribution >= 4 is 5.78 Å². The maximum atomic E-state index is 12.1. The predicted octanol–water partition coefficient (Wildman–Crippen LogP) is 2.79. The van der Waals surface area contributed by atoms with Crippen molar-refractivity contribution in [2.75, 3.05) is 26.2 Å². The zero-order valence-electron chi connectivity index (χ0n) is 12.2. The Hall–Kier alpha value is -1.42. The fraction of sp³-hybridized carbons (Fsp3) is 0.600. The number of carbonyl (C=O) groups is 1. The van der Waals surface area contributed by atoms with E-state index in [0.29, 0.717) is 24.3 Å². The first-order valence-corrected chi connectivity index (χ1v) is 7.04. The van der Waals surface area contributed by atoms with Crippen molar-refractivity contribution < 1.29 is 9.53 Å². The lowest BCUT2D eigenvalue weighted by atomic mass is 10.1. The lowest BCUT2D eigenvalue weighted by Gasteiger charge is -2.17. The van der Waals surface area contributed by atoms with E-state index < -0.39 is 0 Å². The van der Waals surface area contributed by atoms with E-state index in [2.05, 4.69) is 23.7 Å². The van der Waals surface area contributed by atoms with Crippen LogP contribution < -0.4 is 4.74 Å². The van der Waals surface area contributed by atoms with E-state index in [1.54, 1.807) is 18.5 Å². The molecule has 1 aromatic heterocycles. The Balaban J connectivity index is 2.56. The third-order valence-corrected chi connectivity index (χ3v) is 3.06. The van der Waals surface area contributed by atoms with Crippen LogP contribution >= 0.6 is 0 Å². The van der Waals surface area contributed by atoms with Gasteiger partial charge in [0.25, 0.3) is 0 Å². The molecule has 0 spiro atoms. The molecule has 0 amide bonds. The Morgan fingerprint density at radius 3 is 2.63 bits per heavy atom. The van der Waals surface area contributed by atoms with Crippen LogP contribution in [-0.2, 0) is 0 Å². The van der Waals surface area contributed by atoms with Crippen LogP contribution in [0.1, 0.15) is 44.0 Å². The number of aromatic nitrogens is 1. The topological polar surface area (TPSA) is 42.4 Å². The van der Waals surface area contributed by atoms with Gasteiger partial charge >= 0.3 is 0 Å². The number of hydrogen-bond donors (Lipinski definition) is 0. The summed E-state index contributed by atoms with van der Waals surface area (Å²) in [6.07, 6.45) is 4.74. The maximum Gasteiger partial charge on any atom is 0.165 e. The van der Waals surface area contributed by atoms with Gasteiger partial charge in [-0.2, -0.15) is 0 Å². The molecule has 0 fully saturated rings. The standard InChI is InChI=1S/C15H24N2O2/c1-4-9-19-14-10-13(11-16-12-14)15(18)7-8-17(5-2)6-3/h10-12H,4-9H2,1-3H3. The van der Waals surface area contributed by atoms with Gasteiger partial charge in [-0.1, -0.05) is 20.8 Å². The van der Waals surface area contributed by atoms with Gasteiger partial charge in [-0.15, -0.1) is 0 Å². The van der Waals surface area contributed by atoms with Crippen LogP contribution in [0.5, 0.6) is 5.75 Å². The molecular weight excluding hydrogens is 240 g/mol. The average molecular weight is 264 g/mol. The second kappa shape index (κ2) is 8.64. The van der Waals surface area contributed by atoms with Crippen molar-refractivity contribution in [1.82, 2.24) is 9.88 Å². The molecule has 1 aromatic rings. The normalized spacial score (nSPS) is 10.7. The molecule has 106 valence electrons. The van der Waals surface area contributed by atoms with Crippen LogP contribution in [0.15, 0.2) is 18.5 Å². The highest BCUT2D eigenvalue weighted by molar-refractivity contribution is 5.96. The van der Waals surface area contributed by atoms with E-state index in [-0.39, 0.29) is 5.78 Å². The van der Waals surface area contributed by atoms with Gasteiger partial charge in [0.2, 0.25) is 0 Å². The molecule has 1 heterocycles. The molecule has 0 bridgehead atoms. The van der Waals surface area contributed by atoms with E-state index in [0.717, 1.165) is 26.1 Å². The number of ketones is 1. The Morgan fingerprint density at radius 2 is 2.00 bits per heavy atom. The fourth-order valence-electron chi connectivity index (χ4n) is 1.81. The summed E-state index contributed by atoms with van der Waals surface area (Å²) in [7, 11) is 0. The van der Waals surface area contributed by atoms with Crippen molar-refractivity contribution in [2.45, 2.75) is 33.6 Å². The van der Waals surface area contributed by atoms with Crippen molar-refractivity contribution in [1.29, 1.82) is 0 Å². The number of nitrogens with zero attached hydrogens (tertiary/aromatic N) is 2. The molecule has 0 saturated heterocycles. The second-order valence-electron chi connectivity index (χ2n) is 4.46. The second-order valence-corrected chi connectivity index (χ2v) is 4.46. The Labute approximate surface area is 115 Å². The lowest BCUT2D eigenvalue weighted by molar-refractivity contribution is 0.0965. The summed E-state index contributed by atoms with van der Waals surface area (Å²) in [5.74, 6) is 0.803. The van der Waals surface area contributed by atoms with E-state index in [1.165, 1.54) is 0 Å². The van der Waals surface area contributed by atoms with Gasteiger partial charge in [0.15, 0.2) is 5.78 Å². The highest BCUT2D eigenvalue weighted by Crippen LogP contribution is 2.13. The van der Waals surface area contributed by atoms with Gasteiger partial charge in [-0.25, -0.2) is 0 Å². The molecule has 0 unspecified atom stereocenters. The van der Waals surface area contributed by atoms with Crippen molar-refractivity contribution in [3.63, 3.8) is 0 Å². The number of hydrogen-bond acceptors (Lipinski definition) is 4. The van der Waals surface area contributed by atoms with Crippen LogP contribution in [0.3, 0.4) is 0 Å². The minimum atomic E-state index is 0.126. The van der Waals surface area contributed by atoms with E-state index in [9.17, 15) is 4.79 Å². The van der Waals surface area contributed by atoms with Crippen LogP contribution in [0.25, 0.3) is 0 Å². The largest absolute Gasteiger partial charge is 0.492 e. The lowest BCUT2D eigenvalue weighted by Crippen LogP contribution is -2.25. The van der Waals surface area contributed by atoms with Crippen molar-refractivity contribution in [3.8, 4) is 5.75 Å². The molecule has 0 aromatic carbocycles. The highest BCUT2D eigenvalue weighted by atomic mass is 16.5. The molecule has 4 nitrogen and oxygen atoms in total. The summed E-state index contributed by atoms with van der Waals surface area (Å²) in [5, 5.41) is 0. The first kappa shape index (κ1) is 15.6. The zero-order valence-corrected chi connectivity index (χ0v) is 12.2. The smallest absolute Gasteiger partial charge is 0.165 e. The number of carbonyl (C=O) groups excluding carboxylic acids is 1. The van der Waals surface area contributed by atoms with Crippen molar-refractivity contribution in [3.05, 3.63) is 24.0 Å². The summed E-state index contributed by atoms with van der Waals surface area (Å²) < 4.78 is 5.49. The molecule has 0 N–H and O–H groups in total. The van der Waals surface area contributed by atoms with Crippen LogP contribution in [0, 0.1) is 0 Å². The van der Waals surface area contributed by atoms with Gasteiger partial charge in [0.05, 0.1) is 12.8 Å². The average Bonchev–Trinajstić information content (AvgIpc) is 2.46. The summed E-state index contributed by atoms with van der Waals surface area (Å²) in [6, 6.07) is 1.78. The Morgan fingerprint density at radius 1 is 1.26 bits per heavy atom. The molecule has 0 atom stereocenters. The molecule has 0 aliphatic rings. The van der Waals surface area contributed by atoms with Crippen LogP contribution in [-0.4, -0.2) is 41.9 Å². The predicted molar refractivity (Wildman–Crippen MR) is 76.8 cm³/mol. The molecular formula is C15H24N2O2. The minimum absolute atomic E-state index is 0.126. The van der Waals surface area contributed by atoms with Gasteiger partial charge in [0.1, 0.15) is 5.75 Å². The summed E-state index contributed by atoms with van der Waals surface area (Å²) in [5.41, 5.74) is 0.640. The van der Waals surface area contributed by atoms with E-state index >= 15 is 0 Å². The first-order chi connectivity index (χ1) is 9.21. The van der Waals surface area contributed by atoms with Gasteiger partial charge < -0.3 is 9.64 Å². The molecule has 0 aliphatic heterocycles. The van der Waals surface area contributed by atoms with Gasteiger partial charge in [-0.3, -0.25) is 9.78 Å². The number of pyridine rings is 1. The van der Waals surface area contributed by atoms with Gasteiger partial charge in [-0.05, 0) is 25.6 Å². The molecule has 0 saturated carbocycles. The van der Waals surface area contributed by atoms with Crippen LogP contribution in [0.2, 0.25) is 0 Å². The maximum absolute atomic E-state index is 12.1. The van der Waals surface area contributed by atoms with Crippen LogP contribution in [0.4, 0.5) is 0 Å². The number of Topliss-reactive ketones (excluding diaryl/α,β-unsaturated/α-hetero) is 1. The van der Waals surface area contributed by atoms with E-state index in [1.807, 2.05) is 6.92 Å². The number of rotatable bonds is 9. The third-order valence-electron chi connectivity index (χ3n) is 3.06. The van der Waals surface area contributed by atoms with Crippen molar-refractivity contribution in [2.24, 2.45) is 0 Å². The Kier molecular flexibility index (Phi) is 7.11. The third kappa shape index (κ3) is 5.39. The molecule has 0 aliphatic carbocycles. The summed E-state index contributed by atoms with van der Waals surface area (Å²) in [4.78, 5) is 18.4. The zero-order chi connectivity index (χ0) is 14.1. The fourth-order valence-corrected chi connectivity index (χ4v) is 1.81. The summed E-state index contributed by atoms with van der Waals surface area (Å²) in [6.45, 7) is 9.66. The highest BCUT2D eigenvalue weighted by Gasteiger charge is 2.09. The molecule has 0 radical (unpaired) electrons. The Bertz CT molecular complexity index is 389. The van der Waals surface area contributed by atoms with Gasteiger partial charge in [0, 0.05) is 24.7 Å². The first-order valence-electron chi connectivity index (χ1n) is 7.04. The summed E-state index contributed by atoms with van der Waals surface area (Å²) >= 11 is 0. The monoisotopic (exact) mass is 264 g/mol. The minimum Gasteiger partial charge on any atom is -0.492 e. The molecule has 4 heteroatoms. The number of ether oxygens (including phenoxy) is 1. The quantitative estimate of drug-likeness (QED) is 0.643.